The Kier molecular flexibility index (Phi) is 5.53. The number of unbranched alkanes of at least 4 members (excludes halogenated alkanes) is 1. The lowest BCUT2D eigenvalue weighted by atomic mass is 10.0. The molecule has 0 radical (unpaired) electrons. The molecule has 4 heterocycles. The van der Waals surface area contributed by atoms with E-state index in [1.165, 1.54) is 0 Å². The summed E-state index contributed by atoms with van der Waals surface area (Å²) in [6.45, 7) is 6.42. The molecule has 0 fully saturated rings. The van der Waals surface area contributed by atoms with Crippen molar-refractivity contribution in [2.24, 2.45) is 7.05 Å². The van der Waals surface area contributed by atoms with Crippen molar-refractivity contribution in [2.75, 3.05) is 5.32 Å². The second-order valence-corrected chi connectivity index (χ2v) is 8.46. The molecule has 0 spiro atoms. The Morgan fingerprint density at radius 3 is 2.79 bits per heavy atom. The molecule has 4 rings (SSSR count). The first-order valence-corrected chi connectivity index (χ1v) is 10.7. The van der Waals surface area contributed by atoms with E-state index in [2.05, 4.69) is 58.6 Å². The number of pyridine rings is 2. The van der Waals surface area contributed by atoms with E-state index in [1.54, 1.807) is 11.3 Å². The molecule has 0 atom stereocenters. The summed E-state index contributed by atoms with van der Waals surface area (Å²) in [4.78, 5) is 9.36. The average Bonchev–Trinajstić information content (AvgIpc) is 3.32. The summed E-state index contributed by atoms with van der Waals surface area (Å²) in [5.74, 6) is 1.10. The van der Waals surface area contributed by atoms with E-state index in [-0.39, 0.29) is 0 Å². The quantitative estimate of drug-likeness (QED) is 0.459. The van der Waals surface area contributed by atoms with Gasteiger partial charge in [0, 0.05) is 36.5 Å². The highest BCUT2D eigenvalue weighted by Crippen LogP contribution is 2.28. The number of rotatable bonds is 7. The lowest BCUT2D eigenvalue weighted by Gasteiger charge is -2.06. The average molecular weight is 408 g/mol. The molecule has 1 N–H and O–H groups in total. The van der Waals surface area contributed by atoms with Gasteiger partial charge in [-0.05, 0) is 31.0 Å². The first kappa shape index (κ1) is 19.4. The van der Waals surface area contributed by atoms with Crippen molar-refractivity contribution in [2.45, 2.75) is 46.0 Å². The fraction of sp³-hybridized carbons (Fsp3) is 0.381. The summed E-state index contributed by atoms with van der Waals surface area (Å²) < 4.78 is 1.87. The second-order valence-electron chi connectivity index (χ2n) is 7.45. The van der Waals surface area contributed by atoms with Crippen LogP contribution in [0.1, 0.15) is 50.2 Å². The fourth-order valence-electron chi connectivity index (χ4n) is 3.16. The Hall–Kier alpha value is -2.87. The van der Waals surface area contributed by atoms with Crippen molar-refractivity contribution >= 4 is 33.3 Å². The van der Waals surface area contributed by atoms with Crippen molar-refractivity contribution in [3.63, 3.8) is 0 Å². The van der Waals surface area contributed by atoms with Crippen LogP contribution in [0.4, 0.5) is 10.9 Å². The van der Waals surface area contributed by atoms with Crippen LogP contribution in [0.3, 0.4) is 0 Å². The maximum absolute atomic E-state index is 4.75. The van der Waals surface area contributed by atoms with Gasteiger partial charge in [-0.2, -0.15) is 5.10 Å². The van der Waals surface area contributed by atoms with E-state index in [0.717, 1.165) is 63.1 Å². The van der Waals surface area contributed by atoms with Gasteiger partial charge in [0.25, 0.3) is 0 Å². The molecule has 4 aromatic heterocycles. The van der Waals surface area contributed by atoms with Crippen LogP contribution in [0, 0.1) is 0 Å². The Morgan fingerprint density at radius 2 is 2.03 bits per heavy atom. The van der Waals surface area contributed by atoms with E-state index >= 15 is 0 Å². The molecular weight excluding hydrogens is 382 g/mol. The molecule has 7 nitrogen and oxygen atoms in total. The Labute approximate surface area is 174 Å². The normalized spacial score (nSPS) is 11.5. The first-order valence-electron chi connectivity index (χ1n) is 9.93. The number of fused-ring (bicyclic) bond motifs is 1. The van der Waals surface area contributed by atoms with Gasteiger partial charge in [0.2, 0.25) is 5.13 Å². The lowest BCUT2D eigenvalue weighted by molar-refractivity contribution is 0.713. The molecule has 150 valence electrons. The summed E-state index contributed by atoms with van der Waals surface area (Å²) in [5.41, 5.74) is 4.98. The van der Waals surface area contributed by atoms with Gasteiger partial charge in [-0.3, -0.25) is 9.67 Å². The summed E-state index contributed by atoms with van der Waals surface area (Å²) in [6.07, 6.45) is 7.20. The Balaban J connectivity index is 1.65. The minimum absolute atomic E-state index is 0.362. The number of hydrogen-bond donors (Lipinski definition) is 1. The summed E-state index contributed by atoms with van der Waals surface area (Å²) in [6, 6.07) is 5.97. The molecule has 0 amide bonds. The van der Waals surface area contributed by atoms with Crippen molar-refractivity contribution in [1.82, 2.24) is 29.9 Å². The molecule has 0 saturated carbocycles. The summed E-state index contributed by atoms with van der Waals surface area (Å²) in [5, 5.41) is 18.1. The molecule has 4 aromatic rings. The standard InChI is InChI=1S/C21H25N7S/c1-5-6-7-16-15(12-28(4)27-16)14-10-18-17(22-11-14)8-9-19(23-18)24-21-26-25-20(29-21)13(2)3/h8-13H,5-7H2,1-4H3,(H,23,24,26). The van der Waals surface area contributed by atoms with Crippen LogP contribution >= 0.6 is 11.3 Å². The van der Waals surface area contributed by atoms with Crippen molar-refractivity contribution in [3.05, 3.63) is 41.3 Å². The minimum Gasteiger partial charge on any atom is -0.315 e. The third-order valence-corrected chi connectivity index (χ3v) is 5.83. The highest BCUT2D eigenvalue weighted by Gasteiger charge is 2.12. The maximum Gasteiger partial charge on any atom is 0.211 e. The molecule has 0 aliphatic carbocycles. The third-order valence-electron chi connectivity index (χ3n) is 4.69. The zero-order valence-corrected chi connectivity index (χ0v) is 18.0. The zero-order chi connectivity index (χ0) is 20.4. The van der Waals surface area contributed by atoms with Crippen LogP contribution in [0.15, 0.2) is 30.6 Å². The SMILES string of the molecule is CCCCc1nn(C)cc1-c1cnc2ccc(Nc3nnc(C(C)C)s3)nc2c1. The number of aromatic nitrogens is 6. The van der Waals surface area contributed by atoms with Crippen LogP contribution in [0.2, 0.25) is 0 Å². The predicted molar refractivity (Wildman–Crippen MR) is 118 cm³/mol. The zero-order valence-electron chi connectivity index (χ0n) is 17.2. The van der Waals surface area contributed by atoms with Gasteiger partial charge in [0.05, 0.1) is 16.7 Å². The summed E-state index contributed by atoms with van der Waals surface area (Å²) >= 11 is 1.55. The van der Waals surface area contributed by atoms with Gasteiger partial charge in [0.1, 0.15) is 10.8 Å². The number of nitrogens with one attached hydrogen (secondary N) is 1. The van der Waals surface area contributed by atoms with Crippen LogP contribution in [0.5, 0.6) is 0 Å². The van der Waals surface area contributed by atoms with Gasteiger partial charge in [-0.1, -0.05) is 38.5 Å². The van der Waals surface area contributed by atoms with E-state index < -0.39 is 0 Å². The molecule has 0 aliphatic rings. The maximum atomic E-state index is 4.75. The van der Waals surface area contributed by atoms with Crippen molar-refractivity contribution < 1.29 is 0 Å². The highest BCUT2D eigenvalue weighted by molar-refractivity contribution is 7.15. The molecule has 0 bridgehead atoms. The van der Waals surface area contributed by atoms with Crippen LogP contribution in [0.25, 0.3) is 22.2 Å². The van der Waals surface area contributed by atoms with Gasteiger partial charge < -0.3 is 5.32 Å². The highest BCUT2D eigenvalue weighted by atomic mass is 32.1. The smallest absolute Gasteiger partial charge is 0.211 e. The number of hydrogen-bond acceptors (Lipinski definition) is 7. The molecule has 0 aromatic carbocycles. The monoisotopic (exact) mass is 407 g/mol. The molecule has 0 aliphatic heterocycles. The lowest BCUT2D eigenvalue weighted by Crippen LogP contribution is -1.95. The molecule has 0 saturated heterocycles. The second kappa shape index (κ2) is 8.24. The van der Waals surface area contributed by atoms with Crippen LogP contribution in [-0.2, 0) is 13.5 Å². The molecule has 29 heavy (non-hydrogen) atoms. The van der Waals surface area contributed by atoms with Gasteiger partial charge in [0.15, 0.2) is 0 Å². The number of aryl methyl sites for hydroxylation is 2. The minimum atomic E-state index is 0.362. The van der Waals surface area contributed by atoms with Crippen molar-refractivity contribution in [1.29, 1.82) is 0 Å². The number of anilines is 2. The van der Waals surface area contributed by atoms with E-state index in [0.29, 0.717) is 5.92 Å². The van der Waals surface area contributed by atoms with Crippen LogP contribution in [-0.4, -0.2) is 29.9 Å². The first-order chi connectivity index (χ1) is 14.0. The third kappa shape index (κ3) is 4.27. The predicted octanol–water partition coefficient (Wildman–Crippen LogP) is 5.09. The molecular formula is C21H25N7S. The van der Waals surface area contributed by atoms with Gasteiger partial charge in [-0.25, -0.2) is 4.98 Å². The number of nitrogens with zero attached hydrogens (tertiary/aromatic N) is 6. The summed E-state index contributed by atoms with van der Waals surface area (Å²) in [7, 11) is 1.96. The largest absolute Gasteiger partial charge is 0.315 e. The molecule has 0 unspecified atom stereocenters. The fourth-order valence-corrected chi connectivity index (χ4v) is 3.91. The van der Waals surface area contributed by atoms with Gasteiger partial charge in [-0.15, -0.1) is 10.2 Å². The Bertz CT molecular complexity index is 1130. The van der Waals surface area contributed by atoms with E-state index in [1.807, 2.05) is 30.1 Å². The van der Waals surface area contributed by atoms with E-state index in [4.69, 9.17) is 4.98 Å². The topological polar surface area (TPSA) is 81.4 Å². The van der Waals surface area contributed by atoms with E-state index in [9.17, 15) is 0 Å². The van der Waals surface area contributed by atoms with Gasteiger partial charge >= 0.3 is 0 Å². The van der Waals surface area contributed by atoms with Crippen LogP contribution < -0.4 is 5.32 Å². The van der Waals surface area contributed by atoms with Crippen molar-refractivity contribution in [3.8, 4) is 11.1 Å². The Morgan fingerprint density at radius 1 is 1.17 bits per heavy atom. The molecule has 8 heteroatoms.